The number of nitrogens with zero attached hydrogens (tertiary/aromatic N) is 1. The summed E-state index contributed by atoms with van der Waals surface area (Å²) in [5, 5.41) is 7.00. The molecular weight excluding hydrogens is 692 g/mol. The summed E-state index contributed by atoms with van der Waals surface area (Å²) in [7, 11) is 8.86. The van der Waals surface area contributed by atoms with E-state index in [9.17, 15) is 0 Å². The number of aromatic nitrogens is 1. The number of benzene rings is 5. The summed E-state index contributed by atoms with van der Waals surface area (Å²) in [5.41, 5.74) is 2.26. The second-order valence-corrected chi connectivity index (χ2v) is 16.5. The average Bonchev–Trinajstić information content (AvgIpc) is 3.07. The van der Waals surface area contributed by atoms with Gasteiger partial charge in [0, 0.05) is 17.5 Å². The van der Waals surface area contributed by atoms with Gasteiger partial charge in [-0.05, 0) is 61.4 Å². The van der Waals surface area contributed by atoms with E-state index in [4.69, 9.17) is 19.4 Å². The maximum absolute atomic E-state index is 4.85. The van der Waals surface area contributed by atoms with Crippen LogP contribution in [0.1, 0.15) is 11.4 Å². The first-order chi connectivity index (χ1) is 21.2. The zero-order valence-corrected chi connectivity index (χ0v) is 28.9. The van der Waals surface area contributed by atoms with Crippen molar-refractivity contribution in [3.63, 3.8) is 0 Å². The Morgan fingerprint density at radius 2 is 0.791 bits per heavy atom. The van der Waals surface area contributed by atoms with Crippen LogP contribution in [0.25, 0.3) is 0 Å². The van der Waals surface area contributed by atoms with Gasteiger partial charge in [0.1, 0.15) is 0 Å². The van der Waals surface area contributed by atoms with Gasteiger partial charge in [-0.15, -0.1) is 0 Å². The van der Waals surface area contributed by atoms with Crippen molar-refractivity contribution in [1.29, 1.82) is 0 Å². The smallest absolute Gasteiger partial charge is 0.0134 e. The van der Waals surface area contributed by atoms with Gasteiger partial charge in [0.25, 0.3) is 0 Å². The van der Waals surface area contributed by atoms with Crippen LogP contribution in [0.15, 0.2) is 170 Å². The van der Waals surface area contributed by atoms with Gasteiger partial charge in [0.2, 0.25) is 0 Å². The second-order valence-electron chi connectivity index (χ2n) is 9.42. The predicted octanol–water partition coefficient (Wildman–Crippen LogP) is 8.84. The van der Waals surface area contributed by atoms with E-state index in [1.807, 2.05) is 0 Å². The third-order valence-corrected chi connectivity index (χ3v) is 11.4. The number of pyridine rings is 1. The number of hydrogen-bond donors (Lipinski definition) is 0. The van der Waals surface area contributed by atoms with E-state index in [0.29, 0.717) is 0 Å². The normalized spacial score (nSPS) is 10.4. The van der Waals surface area contributed by atoms with Crippen molar-refractivity contribution in [1.82, 2.24) is 4.98 Å². The molecule has 0 aliphatic rings. The monoisotopic (exact) mass is 725 g/mol. The number of halogens is 2. The van der Waals surface area contributed by atoms with Gasteiger partial charge in [-0.2, -0.15) is 0 Å². The van der Waals surface area contributed by atoms with E-state index < -0.39 is 15.8 Å². The molecule has 218 valence electrons. The number of aryl methyl sites for hydroxylation is 1. The van der Waals surface area contributed by atoms with Crippen molar-refractivity contribution in [2.75, 3.05) is 0 Å². The molecule has 0 bridgehead atoms. The molecule has 6 aromatic rings. The summed E-state index contributed by atoms with van der Waals surface area (Å²) < 4.78 is 0. The Morgan fingerprint density at radius 1 is 0.465 bits per heavy atom. The fourth-order valence-corrected chi connectivity index (χ4v) is 9.11. The summed E-state index contributed by atoms with van der Waals surface area (Å²) in [4.78, 5) is 4.68. The summed E-state index contributed by atoms with van der Waals surface area (Å²) in [6, 6.07) is 60.2. The Bertz CT molecular complexity index is 1460. The summed E-state index contributed by atoms with van der Waals surface area (Å²) in [6.45, 7) is 2.05. The molecule has 0 amide bonds. The van der Waals surface area contributed by atoms with Crippen LogP contribution in [0.4, 0.5) is 0 Å². The van der Waals surface area contributed by atoms with Crippen LogP contribution in [-0.4, -0.2) is 4.98 Å². The molecule has 0 radical (unpaired) electrons. The van der Waals surface area contributed by atoms with Crippen LogP contribution >= 0.6 is 35.2 Å². The molecule has 0 aliphatic carbocycles. The average molecular weight is 726 g/mol. The maximum Gasteiger partial charge on any atom is -0.0134 e. The molecule has 6 heteroatoms. The molecule has 0 unspecified atom stereocenters. The van der Waals surface area contributed by atoms with Crippen LogP contribution in [0.2, 0.25) is 0 Å². The van der Waals surface area contributed by atoms with Gasteiger partial charge >= 0.3 is 34.5 Å². The first-order valence-corrected chi connectivity index (χ1v) is 21.1. The molecule has 0 saturated heterocycles. The van der Waals surface area contributed by atoms with Gasteiger partial charge < -0.3 is 0 Å². The van der Waals surface area contributed by atoms with Crippen LogP contribution in [-0.2, 0) is 21.3 Å². The summed E-state index contributed by atoms with van der Waals surface area (Å²) in [6.07, 6.45) is 0.991. The molecular formula is C37H33Cl2NP2Ru. The van der Waals surface area contributed by atoms with Crippen molar-refractivity contribution in [3.8, 4) is 0 Å². The zero-order valence-electron chi connectivity index (χ0n) is 23.8. The standard InChI is InChI=1S/C19H18NP.C18H15P.2ClH.Ru/c1-16-9-8-10-17(20-16)15-21(18-11-4-2-5-12-18)19-13-6-3-7-14-19;1-4-10-16(11-5-1)19(17-12-6-2-7-13-17)18-14-8-3-9-15-18;;;/h2-14H,15H2,1H3;1-15H;2*1H;/q;;;;+2/p-2. The Balaban J connectivity index is 0.000000181. The fourth-order valence-electron chi connectivity index (χ4n) is 4.58. The van der Waals surface area contributed by atoms with Gasteiger partial charge in [-0.3, -0.25) is 4.98 Å². The quantitative estimate of drug-likeness (QED) is 0.119. The van der Waals surface area contributed by atoms with Crippen molar-refractivity contribution >= 4 is 61.7 Å². The second kappa shape index (κ2) is 18.9. The molecule has 0 atom stereocenters. The fraction of sp³-hybridized carbons (Fsp3) is 0.0541. The van der Waals surface area contributed by atoms with E-state index in [0.717, 1.165) is 11.9 Å². The molecule has 6 rings (SSSR count). The third-order valence-electron chi connectivity index (χ3n) is 6.45. The van der Waals surface area contributed by atoms with Gasteiger partial charge in [0.15, 0.2) is 0 Å². The van der Waals surface area contributed by atoms with Crippen molar-refractivity contribution in [3.05, 3.63) is 181 Å². The molecule has 1 heterocycles. The van der Waals surface area contributed by atoms with Crippen LogP contribution in [0.5, 0.6) is 0 Å². The van der Waals surface area contributed by atoms with Gasteiger partial charge in [-0.1, -0.05) is 158 Å². The molecule has 43 heavy (non-hydrogen) atoms. The Kier molecular flexibility index (Phi) is 14.6. The molecule has 0 fully saturated rings. The molecule has 1 aromatic heterocycles. The minimum atomic E-state index is -0.446. The Labute approximate surface area is 274 Å². The minimum Gasteiger partial charge on any atom is -0.0622 e. The molecule has 5 aromatic carbocycles. The molecule has 1 nitrogen and oxygen atoms in total. The Morgan fingerprint density at radius 3 is 1.12 bits per heavy atom. The first kappa shape index (κ1) is 33.2. The number of hydrogen-bond acceptors (Lipinski definition) is 1. The summed E-state index contributed by atoms with van der Waals surface area (Å²) >= 11 is -0.346. The maximum atomic E-state index is 4.85. The van der Waals surface area contributed by atoms with E-state index >= 15 is 0 Å². The van der Waals surface area contributed by atoms with Crippen LogP contribution in [0, 0.1) is 6.92 Å². The van der Waals surface area contributed by atoms with Crippen molar-refractivity contribution < 1.29 is 15.1 Å². The summed E-state index contributed by atoms with van der Waals surface area (Å²) in [5.74, 6) is 0. The molecule has 0 saturated carbocycles. The van der Waals surface area contributed by atoms with Crippen molar-refractivity contribution in [2.24, 2.45) is 0 Å². The van der Waals surface area contributed by atoms with Crippen molar-refractivity contribution in [2.45, 2.75) is 13.1 Å². The molecule has 0 N–H and O–H groups in total. The largest absolute Gasteiger partial charge is 0.0622 e. The minimum absolute atomic E-state index is 0.346. The van der Waals surface area contributed by atoms with E-state index in [-0.39, 0.29) is 15.1 Å². The molecule has 0 aliphatic heterocycles. The Hall–Kier alpha value is -2.69. The topological polar surface area (TPSA) is 12.9 Å². The van der Waals surface area contributed by atoms with Gasteiger partial charge in [-0.25, -0.2) is 0 Å². The van der Waals surface area contributed by atoms with Crippen LogP contribution < -0.4 is 26.5 Å². The van der Waals surface area contributed by atoms with E-state index in [1.165, 1.54) is 32.2 Å². The van der Waals surface area contributed by atoms with Gasteiger partial charge in [0.05, 0.1) is 0 Å². The van der Waals surface area contributed by atoms with E-state index in [1.54, 1.807) is 0 Å². The van der Waals surface area contributed by atoms with Crippen LogP contribution in [0.3, 0.4) is 0 Å². The van der Waals surface area contributed by atoms with E-state index in [2.05, 4.69) is 182 Å². The molecule has 0 spiro atoms. The predicted molar refractivity (Wildman–Crippen MR) is 189 cm³/mol. The first-order valence-electron chi connectivity index (χ1n) is 13.8. The number of rotatable bonds is 7. The zero-order chi connectivity index (χ0) is 30.1. The SMILES string of the molecule is Cc1cccc(CP(c2ccccc2)c2ccccc2)n1.[Cl][Ru][Cl].c1ccc(P(c2ccccc2)c2ccccc2)cc1. The third kappa shape index (κ3) is 10.8.